The fourth-order valence-corrected chi connectivity index (χ4v) is 6.70. The number of carbonyl (C=O) groups is 2. The number of nitrogens with zero attached hydrogens (tertiary/aromatic N) is 3. The van der Waals surface area contributed by atoms with E-state index in [9.17, 15) is 14.7 Å². The summed E-state index contributed by atoms with van der Waals surface area (Å²) in [5.74, 6) is -0.714. The van der Waals surface area contributed by atoms with Crippen molar-refractivity contribution in [2.45, 2.75) is 43.9 Å². The van der Waals surface area contributed by atoms with Crippen LogP contribution in [0.15, 0.2) is 91.0 Å². The van der Waals surface area contributed by atoms with E-state index in [1.807, 2.05) is 72.5 Å². The molecule has 0 aliphatic carbocycles. The van der Waals surface area contributed by atoms with Crippen molar-refractivity contribution in [3.8, 4) is 0 Å². The van der Waals surface area contributed by atoms with Gasteiger partial charge in [-0.05, 0) is 68.2 Å². The zero-order chi connectivity index (χ0) is 29.3. The Labute approximate surface area is 246 Å². The summed E-state index contributed by atoms with van der Waals surface area (Å²) in [4.78, 5) is 33.5. The number of carbonyl (C=O) groups excluding carboxylic acids is 2. The highest BCUT2D eigenvalue weighted by molar-refractivity contribution is 6.07. The zero-order valence-electron chi connectivity index (χ0n) is 23.9. The van der Waals surface area contributed by atoms with Gasteiger partial charge in [-0.1, -0.05) is 67.6 Å². The van der Waals surface area contributed by atoms with Gasteiger partial charge in [0.25, 0.3) is 11.8 Å². The molecule has 42 heavy (non-hydrogen) atoms. The molecular weight excluding hydrogens is 528 g/mol. The third-order valence-corrected chi connectivity index (χ3v) is 9.09. The number of hydrogen-bond donors (Lipinski definition) is 3. The van der Waals surface area contributed by atoms with Gasteiger partial charge in [-0.15, -0.1) is 0 Å². The Hall–Kier alpha value is -3.98. The third kappa shape index (κ3) is 4.60. The normalized spacial score (nSPS) is 22.4. The van der Waals surface area contributed by atoms with E-state index < -0.39 is 17.1 Å². The molecule has 8 nitrogen and oxygen atoms in total. The highest BCUT2D eigenvalue weighted by Crippen LogP contribution is 2.46. The summed E-state index contributed by atoms with van der Waals surface area (Å²) in [6.45, 7) is 4.21. The van der Waals surface area contributed by atoms with E-state index in [0.29, 0.717) is 30.9 Å². The molecule has 1 spiro atoms. The van der Waals surface area contributed by atoms with Crippen molar-refractivity contribution in [3.63, 3.8) is 0 Å². The first kappa shape index (κ1) is 28.2. The Bertz CT molecular complexity index is 1470. The number of aliphatic hydroxyl groups is 2. The first-order chi connectivity index (χ1) is 20.4. The molecule has 2 fully saturated rings. The molecule has 0 unspecified atom stereocenters. The minimum absolute atomic E-state index is 0.0137. The number of amides is 2. The summed E-state index contributed by atoms with van der Waals surface area (Å²) < 4.78 is 0. The van der Waals surface area contributed by atoms with E-state index in [1.165, 1.54) is 0 Å². The van der Waals surface area contributed by atoms with Crippen LogP contribution >= 0.6 is 0 Å². The van der Waals surface area contributed by atoms with Crippen molar-refractivity contribution in [2.24, 2.45) is 5.92 Å². The summed E-state index contributed by atoms with van der Waals surface area (Å²) in [7, 11) is 0. The molecule has 3 heterocycles. The van der Waals surface area contributed by atoms with Crippen LogP contribution in [0.2, 0.25) is 0 Å². The van der Waals surface area contributed by atoms with Crippen LogP contribution in [-0.2, 0) is 21.7 Å². The van der Waals surface area contributed by atoms with Gasteiger partial charge in [-0.2, -0.15) is 0 Å². The van der Waals surface area contributed by atoms with E-state index in [0.717, 1.165) is 42.9 Å². The van der Waals surface area contributed by atoms with Gasteiger partial charge in [0, 0.05) is 29.5 Å². The maximum atomic E-state index is 14.0. The summed E-state index contributed by atoms with van der Waals surface area (Å²) in [6.07, 6.45) is 5.56. The van der Waals surface area contributed by atoms with Crippen molar-refractivity contribution in [3.05, 3.63) is 102 Å². The van der Waals surface area contributed by atoms with Crippen LogP contribution in [0, 0.1) is 5.92 Å². The Morgan fingerprint density at radius 1 is 0.905 bits per heavy atom. The number of rotatable bonds is 8. The molecular formula is C34H38N4O4. The maximum Gasteiger partial charge on any atom is 0.264 e. The second-order valence-corrected chi connectivity index (χ2v) is 11.5. The molecule has 3 aromatic rings. The minimum atomic E-state index is -1.69. The molecule has 2 saturated heterocycles. The Morgan fingerprint density at radius 3 is 2.31 bits per heavy atom. The Morgan fingerprint density at radius 2 is 1.60 bits per heavy atom. The minimum Gasteiger partial charge on any atom is -0.396 e. The van der Waals surface area contributed by atoms with Crippen LogP contribution < -0.4 is 20.0 Å². The molecule has 8 heteroatoms. The number of anilines is 3. The number of nitrogens with one attached hydrogen (secondary N) is 1. The topological polar surface area (TPSA) is 96.3 Å². The number of benzene rings is 3. The van der Waals surface area contributed by atoms with Gasteiger partial charge in [0.05, 0.1) is 18.9 Å². The molecule has 3 aliphatic heterocycles. The van der Waals surface area contributed by atoms with Crippen molar-refractivity contribution >= 4 is 28.9 Å². The van der Waals surface area contributed by atoms with E-state index in [1.54, 1.807) is 23.1 Å². The number of fused-ring (bicyclic) bond motifs is 1. The van der Waals surface area contributed by atoms with Crippen molar-refractivity contribution in [1.82, 2.24) is 5.32 Å². The summed E-state index contributed by atoms with van der Waals surface area (Å²) >= 11 is 0. The van der Waals surface area contributed by atoms with Crippen LogP contribution in [-0.4, -0.2) is 53.9 Å². The van der Waals surface area contributed by atoms with Gasteiger partial charge in [0.1, 0.15) is 5.54 Å². The molecule has 218 valence electrons. The van der Waals surface area contributed by atoms with Crippen molar-refractivity contribution in [1.29, 1.82) is 0 Å². The monoisotopic (exact) mass is 566 g/mol. The van der Waals surface area contributed by atoms with Gasteiger partial charge in [0.15, 0.2) is 5.60 Å². The number of aliphatic hydroxyl groups excluding tert-OH is 1. The largest absolute Gasteiger partial charge is 0.396 e. The van der Waals surface area contributed by atoms with Crippen molar-refractivity contribution < 1.29 is 19.8 Å². The van der Waals surface area contributed by atoms with Gasteiger partial charge >= 0.3 is 0 Å². The first-order valence-electron chi connectivity index (χ1n) is 14.8. The van der Waals surface area contributed by atoms with E-state index >= 15 is 0 Å². The lowest BCUT2D eigenvalue weighted by Gasteiger charge is -2.39. The summed E-state index contributed by atoms with van der Waals surface area (Å²) in [6, 6.07) is 25.4. The van der Waals surface area contributed by atoms with Crippen LogP contribution in [0.3, 0.4) is 0 Å². The second kappa shape index (κ2) is 11.4. The Kier molecular flexibility index (Phi) is 7.62. The van der Waals surface area contributed by atoms with E-state index in [2.05, 4.69) is 22.3 Å². The standard InChI is InChI=1S/C34H38N4O4/c1-25(9-7-8-22-39)34(42)29-12-5-6-13-30(29)36(32(34)41)23-26-14-16-27(17-15-26)37-24-38(28-10-3-2-4-11-28)33(31(37)40)18-20-35-21-19-33/h2-7,9-17,25,35,39,42H,8,18-24H2,1H3/b9-7+/t25-,34+/m0/s1. The second-order valence-electron chi connectivity index (χ2n) is 11.5. The van der Waals surface area contributed by atoms with Gasteiger partial charge in [-0.3, -0.25) is 14.5 Å². The predicted octanol–water partition coefficient (Wildman–Crippen LogP) is 3.93. The number of hydrogen-bond acceptors (Lipinski definition) is 6. The molecule has 0 aromatic heterocycles. The number of para-hydroxylation sites is 2. The average Bonchev–Trinajstić information content (AvgIpc) is 3.42. The lowest BCUT2D eigenvalue weighted by Crippen LogP contribution is -2.55. The molecule has 3 aromatic carbocycles. The smallest absolute Gasteiger partial charge is 0.264 e. The third-order valence-electron chi connectivity index (χ3n) is 9.09. The van der Waals surface area contributed by atoms with E-state index in [-0.39, 0.29) is 18.4 Å². The fourth-order valence-electron chi connectivity index (χ4n) is 6.70. The molecule has 3 aliphatic rings. The maximum absolute atomic E-state index is 14.0. The fraction of sp³-hybridized carbons (Fsp3) is 0.353. The molecule has 3 N–H and O–H groups in total. The van der Waals surface area contributed by atoms with Crippen LogP contribution in [0.5, 0.6) is 0 Å². The van der Waals surface area contributed by atoms with Crippen LogP contribution in [0.25, 0.3) is 0 Å². The van der Waals surface area contributed by atoms with E-state index in [4.69, 9.17) is 5.11 Å². The molecule has 6 rings (SSSR count). The average molecular weight is 567 g/mol. The summed E-state index contributed by atoms with van der Waals surface area (Å²) in [5, 5.41) is 24.3. The quantitative estimate of drug-likeness (QED) is 0.358. The Balaban J connectivity index is 1.24. The highest BCUT2D eigenvalue weighted by Gasteiger charge is 2.54. The van der Waals surface area contributed by atoms with Gasteiger partial charge < -0.3 is 25.3 Å². The lowest BCUT2D eigenvalue weighted by molar-refractivity contribution is -0.139. The summed E-state index contributed by atoms with van der Waals surface area (Å²) in [5.41, 5.74) is 1.80. The molecule has 2 amide bonds. The SMILES string of the molecule is C[C@@H](/C=C/CCO)[C@]1(O)C(=O)N(Cc2ccc(N3CN(c4ccccc4)C4(CCNCC4)C3=O)cc2)c2ccccc21. The van der Waals surface area contributed by atoms with Crippen LogP contribution in [0.4, 0.5) is 17.1 Å². The number of piperidine rings is 1. The van der Waals surface area contributed by atoms with Gasteiger partial charge in [-0.25, -0.2) is 0 Å². The molecule has 0 radical (unpaired) electrons. The van der Waals surface area contributed by atoms with Crippen LogP contribution in [0.1, 0.15) is 37.3 Å². The lowest BCUT2D eigenvalue weighted by atomic mass is 9.83. The molecule has 0 bridgehead atoms. The van der Waals surface area contributed by atoms with Gasteiger partial charge in [0.2, 0.25) is 0 Å². The zero-order valence-corrected chi connectivity index (χ0v) is 23.9. The predicted molar refractivity (Wildman–Crippen MR) is 164 cm³/mol. The highest BCUT2D eigenvalue weighted by atomic mass is 16.3. The first-order valence-corrected chi connectivity index (χ1v) is 14.8. The molecule has 2 atom stereocenters. The molecule has 0 saturated carbocycles. The van der Waals surface area contributed by atoms with Crippen molar-refractivity contribution in [2.75, 3.05) is 41.1 Å².